The Bertz CT molecular complexity index is 402. The van der Waals surface area contributed by atoms with E-state index in [0.717, 1.165) is 17.7 Å². The lowest BCUT2D eigenvalue weighted by atomic mass is 9.77. The van der Waals surface area contributed by atoms with Crippen LogP contribution < -0.4 is 16.6 Å². The Hall–Kier alpha value is -1.63. The van der Waals surface area contributed by atoms with Crippen LogP contribution in [0.15, 0.2) is 0 Å². The van der Waals surface area contributed by atoms with Gasteiger partial charge in [0.05, 0.1) is 0 Å². The highest BCUT2D eigenvalue weighted by atomic mass is 16.2. The molecular formula is C12H20N4O3. The lowest BCUT2D eigenvalue weighted by molar-refractivity contribution is -0.133. The maximum Gasteiger partial charge on any atom is 0.325 e. The summed E-state index contributed by atoms with van der Waals surface area (Å²) in [5.41, 5.74) is 1.25. The van der Waals surface area contributed by atoms with Gasteiger partial charge in [-0.15, -0.1) is 0 Å². The van der Waals surface area contributed by atoms with Crippen molar-refractivity contribution in [2.24, 2.45) is 11.8 Å². The molecule has 2 aliphatic rings. The van der Waals surface area contributed by atoms with E-state index < -0.39 is 11.6 Å². The summed E-state index contributed by atoms with van der Waals surface area (Å²) in [5, 5.41) is 2.81. The number of imide groups is 1. The van der Waals surface area contributed by atoms with E-state index in [9.17, 15) is 14.4 Å². The van der Waals surface area contributed by atoms with Gasteiger partial charge in [0.1, 0.15) is 5.54 Å². The molecule has 0 aromatic heterocycles. The van der Waals surface area contributed by atoms with E-state index in [0.29, 0.717) is 18.8 Å². The highest BCUT2D eigenvalue weighted by molar-refractivity contribution is 6.07. The highest BCUT2D eigenvalue weighted by Gasteiger charge is 2.51. The average Bonchev–Trinajstić information content (AvgIpc) is 2.63. The smallest absolute Gasteiger partial charge is 0.323 e. The van der Waals surface area contributed by atoms with Gasteiger partial charge in [0.2, 0.25) is 5.91 Å². The number of hydrogen-bond donors (Lipinski definition) is 3. The van der Waals surface area contributed by atoms with Crippen LogP contribution in [0.3, 0.4) is 0 Å². The Labute approximate surface area is 111 Å². The second-order valence-electron chi connectivity index (χ2n) is 5.47. The van der Waals surface area contributed by atoms with Crippen molar-refractivity contribution in [3.8, 4) is 0 Å². The van der Waals surface area contributed by atoms with Gasteiger partial charge in [-0.3, -0.25) is 19.9 Å². The first-order valence-corrected chi connectivity index (χ1v) is 6.62. The van der Waals surface area contributed by atoms with Crippen molar-refractivity contribution in [2.75, 3.05) is 6.54 Å². The summed E-state index contributed by atoms with van der Waals surface area (Å²) < 4.78 is 0. The number of rotatable bonds is 3. The SMILES string of the molecule is CC1CCC2(CC1)NC(=O)N(CCC(=O)NN)C2=O. The number of carbonyl (C=O) groups excluding carboxylic acids is 3. The monoisotopic (exact) mass is 268 g/mol. The molecule has 0 aromatic carbocycles. The Morgan fingerprint density at radius 2 is 2.11 bits per heavy atom. The molecule has 4 amide bonds. The second kappa shape index (κ2) is 5.16. The van der Waals surface area contributed by atoms with E-state index in [4.69, 9.17) is 5.84 Å². The van der Waals surface area contributed by atoms with Gasteiger partial charge in [0.25, 0.3) is 5.91 Å². The number of nitrogens with zero attached hydrogens (tertiary/aromatic N) is 1. The third-order valence-corrected chi connectivity index (χ3v) is 4.10. The van der Waals surface area contributed by atoms with Crippen LogP contribution in [-0.4, -0.2) is 34.8 Å². The Morgan fingerprint density at radius 3 is 2.68 bits per heavy atom. The third-order valence-electron chi connectivity index (χ3n) is 4.10. The standard InChI is InChI=1S/C12H20N4O3/c1-8-2-5-12(6-3-8)10(18)16(11(19)14-12)7-4-9(17)15-13/h8H,2-7,13H2,1H3,(H,14,19)(H,15,17). The Kier molecular flexibility index (Phi) is 3.75. The molecule has 1 saturated heterocycles. The highest BCUT2D eigenvalue weighted by Crippen LogP contribution is 2.36. The summed E-state index contributed by atoms with van der Waals surface area (Å²) in [6.07, 6.45) is 3.26. The van der Waals surface area contributed by atoms with Crippen molar-refractivity contribution in [1.82, 2.24) is 15.6 Å². The largest absolute Gasteiger partial charge is 0.325 e. The molecule has 0 atom stereocenters. The summed E-state index contributed by atoms with van der Waals surface area (Å²) in [6.45, 7) is 2.22. The van der Waals surface area contributed by atoms with Crippen molar-refractivity contribution < 1.29 is 14.4 Å². The minimum atomic E-state index is -0.733. The van der Waals surface area contributed by atoms with Crippen LogP contribution in [0.1, 0.15) is 39.0 Å². The van der Waals surface area contributed by atoms with Gasteiger partial charge in [-0.25, -0.2) is 10.6 Å². The number of amides is 4. The van der Waals surface area contributed by atoms with Crippen LogP contribution in [0.2, 0.25) is 0 Å². The molecule has 4 N–H and O–H groups in total. The average molecular weight is 268 g/mol. The zero-order valence-corrected chi connectivity index (χ0v) is 11.1. The van der Waals surface area contributed by atoms with E-state index in [1.807, 2.05) is 5.43 Å². The number of urea groups is 1. The molecule has 0 radical (unpaired) electrons. The van der Waals surface area contributed by atoms with Crippen molar-refractivity contribution in [3.63, 3.8) is 0 Å². The topological polar surface area (TPSA) is 105 Å². The van der Waals surface area contributed by atoms with Crippen molar-refractivity contribution >= 4 is 17.8 Å². The number of hydrogen-bond acceptors (Lipinski definition) is 4. The van der Waals surface area contributed by atoms with Gasteiger partial charge in [0, 0.05) is 13.0 Å². The maximum absolute atomic E-state index is 12.4. The molecule has 106 valence electrons. The fourth-order valence-corrected chi connectivity index (χ4v) is 2.76. The lowest BCUT2D eigenvalue weighted by Crippen LogP contribution is -2.49. The molecule has 0 aromatic rings. The lowest BCUT2D eigenvalue weighted by Gasteiger charge is -2.33. The molecule has 2 rings (SSSR count). The van der Waals surface area contributed by atoms with Gasteiger partial charge in [-0.05, 0) is 31.6 Å². The van der Waals surface area contributed by atoms with Crippen molar-refractivity contribution in [3.05, 3.63) is 0 Å². The molecular weight excluding hydrogens is 248 g/mol. The second-order valence-corrected chi connectivity index (χ2v) is 5.47. The van der Waals surface area contributed by atoms with Gasteiger partial charge in [-0.2, -0.15) is 0 Å². The summed E-state index contributed by atoms with van der Waals surface area (Å²) in [7, 11) is 0. The van der Waals surface area contributed by atoms with E-state index in [2.05, 4.69) is 12.2 Å². The van der Waals surface area contributed by atoms with E-state index >= 15 is 0 Å². The summed E-state index contributed by atoms with van der Waals surface area (Å²) in [6, 6.07) is -0.399. The van der Waals surface area contributed by atoms with Crippen LogP contribution in [0, 0.1) is 5.92 Å². The molecule has 1 spiro atoms. The minimum absolute atomic E-state index is 0.0299. The normalized spacial score (nSPS) is 30.6. The Morgan fingerprint density at radius 1 is 1.47 bits per heavy atom. The first kappa shape index (κ1) is 13.8. The fourth-order valence-electron chi connectivity index (χ4n) is 2.76. The van der Waals surface area contributed by atoms with Crippen LogP contribution in [0.5, 0.6) is 0 Å². The van der Waals surface area contributed by atoms with Crippen LogP contribution >= 0.6 is 0 Å². The third kappa shape index (κ3) is 2.56. The quantitative estimate of drug-likeness (QED) is 0.287. The molecule has 7 heteroatoms. The first-order chi connectivity index (χ1) is 8.98. The summed E-state index contributed by atoms with van der Waals surface area (Å²) >= 11 is 0. The molecule has 1 heterocycles. The molecule has 7 nitrogen and oxygen atoms in total. The molecule has 2 fully saturated rings. The Balaban J connectivity index is 2.02. The van der Waals surface area contributed by atoms with Gasteiger partial charge >= 0.3 is 6.03 Å². The van der Waals surface area contributed by atoms with Gasteiger partial charge in [0.15, 0.2) is 0 Å². The van der Waals surface area contributed by atoms with Gasteiger partial charge < -0.3 is 5.32 Å². The predicted octanol–water partition coefficient (Wildman–Crippen LogP) is -0.133. The number of nitrogens with one attached hydrogen (secondary N) is 2. The molecule has 1 aliphatic heterocycles. The summed E-state index contributed by atoms with van der Waals surface area (Å²) in [4.78, 5) is 36.5. The fraction of sp³-hybridized carbons (Fsp3) is 0.750. The number of nitrogens with two attached hydrogens (primary N) is 1. The predicted molar refractivity (Wildman–Crippen MR) is 67.6 cm³/mol. The zero-order valence-electron chi connectivity index (χ0n) is 11.1. The number of hydrazine groups is 1. The van der Waals surface area contributed by atoms with Crippen LogP contribution in [-0.2, 0) is 9.59 Å². The maximum atomic E-state index is 12.4. The molecule has 19 heavy (non-hydrogen) atoms. The molecule has 0 unspecified atom stereocenters. The van der Waals surface area contributed by atoms with Crippen molar-refractivity contribution in [1.29, 1.82) is 0 Å². The van der Waals surface area contributed by atoms with Gasteiger partial charge in [-0.1, -0.05) is 6.92 Å². The van der Waals surface area contributed by atoms with Crippen LogP contribution in [0.25, 0.3) is 0 Å². The first-order valence-electron chi connectivity index (χ1n) is 6.62. The van der Waals surface area contributed by atoms with E-state index in [1.165, 1.54) is 0 Å². The number of carbonyl (C=O) groups is 3. The van der Waals surface area contributed by atoms with Crippen molar-refractivity contribution in [2.45, 2.75) is 44.6 Å². The molecule has 1 saturated carbocycles. The minimum Gasteiger partial charge on any atom is -0.323 e. The van der Waals surface area contributed by atoms with E-state index in [1.54, 1.807) is 0 Å². The molecule has 1 aliphatic carbocycles. The summed E-state index contributed by atoms with van der Waals surface area (Å²) in [5.74, 6) is 4.97. The molecule has 0 bridgehead atoms. The van der Waals surface area contributed by atoms with E-state index in [-0.39, 0.29) is 24.8 Å². The zero-order chi connectivity index (χ0) is 14.0. The van der Waals surface area contributed by atoms with Crippen LogP contribution in [0.4, 0.5) is 4.79 Å².